The number of hydrogen-bond acceptors (Lipinski definition) is 6. The summed E-state index contributed by atoms with van der Waals surface area (Å²) in [5, 5.41) is 4.59. The highest BCUT2D eigenvalue weighted by molar-refractivity contribution is 7.99. The van der Waals surface area contributed by atoms with Gasteiger partial charge in [-0.3, -0.25) is 4.79 Å². The van der Waals surface area contributed by atoms with Crippen LogP contribution >= 0.6 is 23.4 Å². The molecule has 0 spiro atoms. The quantitative estimate of drug-likeness (QED) is 0.583. The fraction of sp³-hybridized carbons (Fsp3) is 0.429. The Morgan fingerprint density at radius 1 is 1.21 bits per heavy atom. The third kappa shape index (κ3) is 2.90. The zero-order chi connectivity index (χ0) is 19.6. The topological polar surface area (TPSA) is 77.5 Å². The minimum absolute atomic E-state index is 0.0617. The van der Waals surface area contributed by atoms with Gasteiger partial charge in [0.2, 0.25) is 5.89 Å². The van der Waals surface area contributed by atoms with Gasteiger partial charge in [0.05, 0.1) is 18.6 Å². The van der Waals surface area contributed by atoms with Crippen molar-refractivity contribution in [3.8, 4) is 0 Å². The average Bonchev–Trinajstić information content (AvgIpc) is 3.21. The Hall–Kier alpha value is -1.96. The van der Waals surface area contributed by atoms with Gasteiger partial charge < -0.3 is 18.9 Å². The van der Waals surface area contributed by atoms with Crippen LogP contribution in [0.2, 0.25) is 5.02 Å². The lowest BCUT2D eigenvalue weighted by Crippen LogP contribution is -2.76. The van der Waals surface area contributed by atoms with Gasteiger partial charge in [-0.05, 0) is 49.6 Å². The number of thioether (sulfide) groups is 1. The minimum atomic E-state index is -0.168. The Balaban J connectivity index is 1.08. The highest BCUT2D eigenvalue weighted by Gasteiger charge is 2.71. The van der Waals surface area contributed by atoms with Crippen LogP contribution in [0.25, 0.3) is 11.1 Å². The van der Waals surface area contributed by atoms with Gasteiger partial charge in [-0.25, -0.2) is 4.98 Å². The first-order chi connectivity index (χ1) is 14.0. The third-order valence-corrected chi connectivity index (χ3v) is 7.56. The van der Waals surface area contributed by atoms with E-state index in [0.717, 1.165) is 60.3 Å². The molecular weight excluding hydrogens is 412 g/mol. The molecular formula is C21H19ClN2O4S. The number of carbonyl (C=O) groups is 1. The van der Waals surface area contributed by atoms with Gasteiger partial charge in [-0.2, -0.15) is 0 Å². The summed E-state index contributed by atoms with van der Waals surface area (Å²) in [5.74, 6) is 2.51. The second kappa shape index (κ2) is 6.27. The van der Waals surface area contributed by atoms with E-state index >= 15 is 0 Å². The van der Waals surface area contributed by atoms with E-state index in [2.05, 4.69) is 10.3 Å². The SMILES string of the molecule is O=C(NC12CC(c3nc4cc(Cl)ccc4o3)(C1)C2)c1ccc(SCC2COC2)o1. The van der Waals surface area contributed by atoms with Gasteiger partial charge in [-0.15, -0.1) is 0 Å². The molecule has 1 aromatic carbocycles. The van der Waals surface area contributed by atoms with Gasteiger partial charge >= 0.3 is 0 Å². The fourth-order valence-electron chi connectivity index (χ4n) is 4.68. The van der Waals surface area contributed by atoms with Crippen molar-refractivity contribution in [2.24, 2.45) is 5.92 Å². The van der Waals surface area contributed by atoms with Crippen LogP contribution in [0.4, 0.5) is 0 Å². The van der Waals surface area contributed by atoms with Gasteiger partial charge in [0.15, 0.2) is 16.4 Å². The van der Waals surface area contributed by atoms with Crippen LogP contribution in [0, 0.1) is 5.92 Å². The van der Waals surface area contributed by atoms with Crippen molar-refractivity contribution in [3.05, 3.63) is 47.0 Å². The summed E-state index contributed by atoms with van der Waals surface area (Å²) in [4.78, 5) is 17.3. The number of amides is 1. The van der Waals surface area contributed by atoms with Crippen LogP contribution in [-0.4, -0.2) is 35.4 Å². The molecule has 150 valence electrons. The Kier molecular flexibility index (Phi) is 3.86. The number of nitrogens with one attached hydrogen (secondary N) is 1. The van der Waals surface area contributed by atoms with E-state index in [0.29, 0.717) is 16.7 Å². The summed E-state index contributed by atoms with van der Waals surface area (Å²) in [6.07, 6.45) is 2.53. The maximum Gasteiger partial charge on any atom is 0.287 e. The maximum atomic E-state index is 12.6. The second-order valence-electron chi connectivity index (χ2n) is 8.51. The monoisotopic (exact) mass is 430 g/mol. The van der Waals surface area contributed by atoms with Crippen LogP contribution in [0.15, 0.2) is 44.3 Å². The van der Waals surface area contributed by atoms with Crippen LogP contribution in [-0.2, 0) is 10.2 Å². The molecule has 6 nitrogen and oxygen atoms in total. The van der Waals surface area contributed by atoms with Crippen molar-refractivity contribution < 1.29 is 18.4 Å². The molecule has 7 rings (SSSR count). The number of fused-ring (bicyclic) bond motifs is 1. The van der Waals surface area contributed by atoms with E-state index in [-0.39, 0.29) is 16.9 Å². The molecule has 1 aliphatic heterocycles. The number of nitrogens with zero attached hydrogens (tertiary/aromatic N) is 1. The fourth-order valence-corrected chi connectivity index (χ4v) is 5.75. The predicted octanol–water partition coefficient (Wildman–Crippen LogP) is 4.42. The lowest BCUT2D eigenvalue weighted by Gasteiger charge is -2.68. The number of furan rings is 1. The molecule has 3 saturated carbocycles. The van der Waals surface area contributed by atoms with Crippen molar-refractivity contribution in [3.63, 3.8) is 0 Å². The summed E-state index contributed by atoms with van der Waals surface area (Å²) in [7, 11) is 0. The number of rotatable bonds is 6. The number of oxazole rings is 1. The smallest absolute Gasteiger partial charge is 0.287 e. The van der Waals surface area contributed by atoms with E-state index in [1.165, 1.54) is 0 Å². The summed E-state index contributed by atoms with van der Waals surface area (Å²) in [5.41, 5.74) is 1.30. The van der Waals surface area contributed by atoms with Crippen LogP contribution in [0.3, 0.4) is 0 Å². The Bertz CT molecular complexity index is 1100. The molecule has 3 heterocycles. The molecule has 1 amide bonds. The zero-order valence-electron chi connectivity index (χ0n) is 15.6. The van der Waals surface area contributed by atoms with Gasteiger partial charge in [0.25, 0.3) is 5.91 Å². The summed E-state index contributed by atoms with van der Waals surface area (Å²) in [6.45, 7) is 1.64. The van der Waals surface area contributed by atoms with Crippen LogP contribution in [0.1, 0.15) is 35.7 Å². The van der Waals surface area contributed by atoms with Gasteiger partial charge in [0.1, 0.15) is 5.52 Å². The molecule has 4 aliphatic rings. The highest BCUT2D eigenvalue weighted by atomic mass is 35.5. The summed E-state index contributed by atoms with van der Waals surface area (Å²) in [6, 6.07) is 9.09. The molecule has 2 bridgehead atoms. The second-order valence-corrected chi connectivity index (χ2v) is 9.97. The molecule has 0 unspecified atom stereocenters. The van der Waals surface area contributed by atoms with E-state index in [9.17, 15) is 4.79 Å². The van der Waals surface area contributed by atoms with Crippen molar-refractivity contribution in [2.45, 2.75) is 35.3 Å². The summed E-state index contributed by atoms with van der Waals surface area (Å²) < 4.78 is 16.9. The average molecular weight is 431 g/mol. The molecule has 4 fully saturated rings. The Morgan fingerprint density at radius 2 is 2.03 bits per heavy atom. The number of aromatic nitrogens is 1. The zero-order valence-corrected chi connectivity index (χ0v) is 17.1. The van der Waals surface area contributed by atoms with Crippen LogP contribution < -0.4 is 5.32 Å². The molecule has 2 aromatic heterocycles. The molecule has 29 heavy (non-hydrogen) atoms. The van der Waals surface area contributed by atoms with Crippen LogP contribution in [0.5, 0.6) is 0 Å². The van der Waals surface area contributed by atoms with Crippen molar-refractivity contribution in [1.29, 1.82) is 0 Å². The predicted molar refractivity (Wildman–Crippen MR) is 108 cm³/mol. The molecule has 1 saturated heterocycles. The molecule has 1 N–H and O–H groups in total. The molecule has 0 atom stereocenters. The normalized spacial score (nSPS) is 27.9. The number of carbonyl (C=O) groups excluding carboxylic acids is 1. The Labute approximate surface area is 176 Å². The van der Waals surface area contributed by atoms with E-state index in [1.807, 2.05) is 18.2 Å². The number of hydrogen-bond donors (Lipinski definition) is 1. The molecule has 3 aromatic rings. The maximum absolute atomic E-state index is 12.6. The lowest BCUT2D eigenvalue weighted by atomic mass is 9.39. The van der Waals surface area contributed by atoms with E-state index < -0.39 is 0 Å². The molecule has 3 aliphatic carbocycles. The van der Waals surface area contributed by atoms with Gasteiger partial charge in [-0.1, -0.05) is 23.4 Å². The molecule has 8 heteroatoms. The molecule has 0 radical (unpaired) electrons. The number of ether oxygens (including phenoxy) is 1. The van der Waals surface area contributed by atoms with E-state index in [4.69, 9.17) is 25.2 Å². The third-order valence-electron chi connectivity index (χ3n) is 6.19. The summed E-state index contributed by atoms with van der Waals surface area (Å²) >= 11 is 7.67. The van der Waals surface area contributed by atoms with Crippen molar-refractivity contribution in [2.75, 3.05) is 19.0 Å². The van der Waals surface area contributed by atoms with E-state index in [1.54, 1.807) is 23.9 Å². The van der Waals surface area contributed by atoms with Crippen molar-refractivity contribution in [1.82, 2.24) is 10.3 Å². The first kappa shape index (κ1) is 17.9. The minimum Gasteiger partial charge on any atom is -0.445 e. The number of halogens is 1. The Morgan fingerprint density at radius 3 is 2.79 bits per heavy atom. The first-order valence-corrected chi connectivity index (χ1v) is 11.1. The largest absolute Gasteiger partial charge is 0.445 e. The van der Waals surface area contributed by atoms with Crippen molar-refractivity contribution >= 4 is 40.4 Å². The first-order valence-electron chi connectivity index (χ1n) is 9.72. The number of benzene rings is 1. The van der Waals surface area contributed by atoms with Gasteiger partial charge in [0, 0.05) is 22.2 Å². The highest BCUT2D eigenvalue weighted by Crippen LogP contribution is 2.67. The standard InChI is InChI=1S/C21H19ClN2O4S/c22-13-1-2-15-14(5-13)23-19(28-15)20-9-21(10-20,11-20)24-18(25)16-3-4-17(27-16)29-8-12-6-26-7-12/h1-5,12H,6-11H2,(H,24,25). The lowest BCUT2D eigenvalue weighted by molar-refractivity contribution is -0.0958.